The van der Waals surface area contributed by atoms with Crippen molar-refractivity contribution in [3.05, 3.63) is 12.2 Å². The molecule has 0 aromatic heterocycles. The molecule has 118 valence electrons. The van der Waals surface area contributed by atoms with Crippen LogP contribution < -0.4 is 0 Å². The molecule has 0 bridgehead atoms. The highest BCUT2D eigenvalue weighted by molar-refractivity contribution is 5.70. The van der Waals surface area contributed by atoms with Crippen LogP contribution >= 0.6 is 0 Å². The number of rotatable bonds is 6. The summed E-state index contributed by atoms with van der Waals surface area (Å²) in [6.45, 7) is 4.51. The van der Waals surface area contributed by atoms with E-state index >= 15 is 0 Å². The van der Waals surface area contributed by atoms with Crippen molar-refractivity contribution in [3.8, 4) is 0 Å². The number of ether oxygens (including phenoxy) is 4. The van der Waals surface area contributed by atoms with Gasteiger partial charge in [0.05, 0.1) is 19.1 Å². The van der Waals surface area contributed by atoms with Gasteiger partial charge >= 0.3 is 17.9 Å². The summed E-state index contributed by atoms with van der Waals surface area (Å²) >= 11 is 0. The average molecular weight is 300 g/mol. The molecule has 7 nitrogen and oxygen atoms in total. The maximum Gasteiger partial charge on any atom is 0.308 e. The summed E-state index contributed by atoms with van der Waals surface area (Å²) in [6.07, 6.45) is 1.50. The largest absolute Gasteiger partial charge is 0.466 e. The van der Waals surface area contributed by atoms with Gasteiger partial charge in [-0.05, 0) is 13.0 Å². The summed E-state index contributed by atoms with van der Waals surface area (Å²) in [6, 6.07) is 0. The van der Waals surface area contributed by atoms with Crippen molar-refractivity contribution in [1.82, 2.24) is 0 Å². The summed E-state index contributed by atoms with van der Waals surface area (Å²) in [5.74, 6) is -1.31. The van der Waals surface area contributed by atoms with E-state index in [9.17, 15) is 14.4 Å². The summed E-state index contributed by atoms with van der Waals surface area (Å²) in [5, 5.41) is 0. The summed E-state index contributed by atoms with van der Waals surface area (Å²) in [4.78, 5) is 33.4. The highest BCUT2D eigenvalue weighted by atomic mass is 16.6. The SMILES string of the molecule is CCOC(=O)CC1C=C[C@H](OC(C)=O)[C@@H](COC(C)=O)O1. The van der Waals surface area contributed by atoms with Gasteiger partial charge in [-0.3, -0.25) is 14.4 Å². The molecule has 0 aromatic carbocycles. The van der Waals surface area contributed by atoms with Crippen molar-refractivity contribution in [1.29, 1.82) is 0 Å². The van der Waals surface area contributed by atoms with Gasteiger partial charge in [-0.2, -0.15) is 0 Å². The monoisotopic (exact) mass is 300 g/mol. The third kappa shape index (κ3) is 6.40. The van der Waals surface area contributed by atoms with Crippen molar-refractivity contribution in [2.24, 2.45) is 0 Å². The van der Waals surface area contributed by atoms with Crippen LogP contribution in [-0.2, 0) is 33.3 Å². The van der Waals surface area contributed by atoms with E-state index in [1.165, 1.54) is 13.8 Å². The first kappa shape index (κ1) is 17.2. The van der Waals surface area contributed by atoms with E-state index in [2.05, 4.69) is 0 Å². The van der Waals surface area contributed by atoms with E-state index in [0.717, 1.165) is 0 Å². The molecule has 0 N–H and O–H groups in total. The predicted octanol–water partition coefficient (Wildman–Crippen LogP) is 0.758. The van der Waals surface area contributed by atoms with E-state index in [0.29, 0.717) is 6.61 Å². The number of carbonyl (C=O) groups is 3. The summed E-state index contributed by atoms with van der Waals surface area (Å²) in [7, 11) is 0. The molecule has 0 aromatic rings. The maximum atomic E-state index is 11.4. The predicted molar refractivity (Wildman–Crippen MR) is 71.2 cm³/mol. The second kappa shape index (κ2) is 8.41. The molecule has 0 aliphatic carbocycles. The Labute approximate surface area is 123 Å². The molecule has 0 amide bonds. The van der Waals surface area contributed by atoms with Gasteiger partial charge in [-0.1, -0.05) is 6.08 Å². The zero-order valence-corrected chi connectivity index (χ0v) is 12.4. The standard InChI is InChI=1S/C14H20O7/c1-4-18-14(17)7-11-5-6-12(20-10(3)16)13(21-11)8-19-9(2)15/h5-6,11-13H,4,7-8H2,1-3H3/t11?,12-,13+/m0/s1. The molecule has 0 spiro atoms. The lowest BCUT2D eigenvalue weighted by Crippen LogP contribution is -2.42. The number of hydrogen-bond donors (Lipinski definition) is 0. The molecule has 0 saturated carbocycles. The first-order valence-corrected chi connectivity index (χ1v) is 6.72. The van der Waals surface area contributed by atoms with Gasteiger partial charge in [0.15, 0.2) is 0 Å². The van der Waals surface area contributed by atoms with Crippen molar-refractivity contribution >= 4 is 17.9 Å². The van der Waals surface area contributed by atoms with Gasteiger partial charge in [0.2, 0.25) is 0 Å². The molecule has 1 unspecified atom stereocenters. The first-order valence-electron chi connectivity index (χ1n) is 6.72. The minimum atomic E-state index is -0.653. The Morgan fingerprint density at radius 3 is 2.38 bits per heavy atom. The Bertz CT molecular complexity index is 416. The fourth-order valence-corrected chi connectivity index (χ4v) is 1.85. The lowest BCUT2D eigenvalue weighted by molar-refractivity contribution is -0.167. The molecule has 1 aliphatic heterocycles. The van der Waals surface area contributed by atoms with Crippen LogP contribution in [0.4, 0.5) is 0 Å². The minimum absolute atomic E-state index is 0.0493. The molecule has 7 heteroatoms. The van der Waals surface area contributed by atoms with E-state index < -0.39 is 30.3 Å². The van der Waals surface area contributed by atoms with E-state index in [1.807, 2.05) is 0 Å². The van der Waals surface area contributed by atoms with Crippen LogP contribution in [0.1, 0.15) is 27.2 Å². The second-order valence-corrected chi connectivity index (χ2v) is 4.48. The van der Waals surface area contributed by atoms with Gasteiger partial charge in [-0.25, -0.2) is 0 Å². The molecule has 3 atom stereocenters. The Balaban J connectivity index is 2.65. The smallest absolute Gasteiger partial charge is 0.308 e. The Morgan fingerprint density at radius 1 is 1.10 bits per heavy atom. The fraction of sp³-hybridized carbons (Fsp3) is 0.643. The molecular weight excluding hydrogens is 280 g/mol. The normalized spacial score (nSPS) is 24.2. The molecule has 0 radical (unpaired) electrons. The van der Waals surface area contributed by atoms with Crippen molar-refractivity contribution in [2.75, 3.05) is 13.2 Å². The van der Waals surface area contributed by atoms with Gasteiger partial charge in [0.25, 0.3) is 0 Å². The summed E-state index contributed by atoms with van der Waals surface area (Å²) < 4.78 is 20.4. The minimum Gasteiger partial charge on any atom is -0.466 e. The van der Waals surface area contributed by atoms with Crippen LogP contribution in [0.25, 0.3) is 0 Å². The fourth-order valence-electron chi connectivity index (χ4n) is 1.85. The van der Waals surface area contributed by atoms with Crippen LogP contribution in [0.5, 0.6) is 0 Å². The van der Waals surface area contributed by atoms with Crippen LogP contribution in [0.2, 0.25) is 0 Å². The zero-order chi connectivity index (χ0) is 15.8. The molecule has 1 rings (SSSR count). The van der Waals surface area contributed by atoms with Gasteiger partial charge in [-0.15, -0.1) is 0 Å². The Kier molecular flexibility index (Phi) is 6.87. The number of esters is 3. The van der Waals surface area contributed by atoms with Crippen molar-refractivity contribution in [3.63, 3.8) is 0 Å². The molecule has 0 saturated heterocycles. The lowest BCUT2D eigenvalue weighted by atomic mass is 10.1. The van der Waals surface area contributed by atoms with Gasteiger partial charge in [0, 0.05) is 13.8 Å². The maximum absolute atomic E-state index is 11.4. The third-order valence-electron chi connectivity index (χ3n) is 2.66. The van der Waals surface area contributed by atoms with Gasteiger partial charge in [0.1, 0.15) is 18.8 Å². The Morgan fingerprint density at radius 2 is 1.81 bits per heavy atom. The van der Waals surface area contributed by atoms with Crippen LogP contribution in [0.3, 0.4) is 0 Å². The summed E-state index contributed by atoms with van der Waals surface area (Å²) in [5.41, 5.74) is 0. The molecule has 0 fully saturated rings. The van der Waals surface area contributed by atoms with Crippen LogP contribution in [0.15, 0.2) is 12.2 Å². The van der Waals surface area contributed by atoms with Gasteiger partial charge < -0.3 is 18.9 Å². The highest BCUT2D eigenvalue weighted by Crippen LogP contribution is 2.19. The highest BCUT2D eigenvalue weighted by Gasteiger charge is 2.31. The topological polar surface area (TPSA) is 88.1 Å². The van der Waals surface area contributed by atoms with Crippen molar-refractivity contribution < 1.29 is 33.3 Å². The first-order chi connectivity index (χ1) is 9.92. The van der Waals surface area contributed by atoms with E-state index in [4.69, 9.17) is 18.9 Å². The third-order valence-corrected chi connectivity index (χ3v) is 2.66. The Hall–Kier alpha value is -1.89. The molecular formula is C14H20O7. The molecule has 21 heavy (non-hydrogen) atoms. The lowest BCUT2D eigenvalue weighted by Gasteiger charge is -2.31. The van der Waals surface area contributed by atoms with Crippen LogP contribution in [-0.4, -0.2) is 49.4 Å². The second-order valence-electron chi connectivity index (χ2n) is 4.48. The van der Waals surface area contributed by atoms with Crippen LogP contribution in [0, 0.1) is 0 Å². The van der Waals surface area contributed by atoms with Crippen molar-refractivity contribution in [2.45, 2.75) is 45.5 Å². The number of hydrogen-bond acceptors (Lipinski definition) is 7. The van der Waals surface area contributed by atoms with E-state index in [1.54, 1.807) is 19.1 Å². The average Bonchev–Trinajstić information content (AvgIpc) is 2.38. The molecule has 1 heterocycles. The number of carbonyl (C=O) groups excluding carboxylic acids is 3. The van der Waals surface area contributed by atoms with E-state index in [-0.39, 0.29) is 19.0 Å². The zero-order valence-electron chi connectivity index (χ0n) is 12.4. The molecule has 1 aliphatic rings. The quantitative estimate of drug-likeness (QED) is 0.406.